The van der Waals surface area contributed by atoms with E-state index in [0.717, 1.165) is 40.4 Å². The number of benzene rings is 2. The molecule has 5 nitrogen and oxygen atoms in total. The molecule has 178 valence electrons. The van der Waals surface area contributed by atoms with E-state index in [9.17, 15) is 4.79 Å². The second-order valence-electron chi connectivity index (χ2n) is 9.81. The number of amides is 1. The summed E-state index contributed by atoms with van der Waals surface area (Å²) in [6, 6.07) is 15.2. The van der Waals surface area contributed by atoms with Crippen molar-refractivity contribution in [1.82, 2.24) is 9.80 Å². The molecule has 1 heterocycles. The lowest BCUT2D eigenvalue weighted by Crippen LogP contribution is -2.53. The van der Waals surface area contributed by atoms with Crippen LogP contribution in [-0.2, 0) is 22.5 Å². The topological polar surface area (TPSA) is 42.0 Å². The van der Waals surface area contributed by atoms with Crippen LogP contribution in [-0.4, -0.2) is 53.8 Å². The van der Waals surface area contributed by atoms with Gasteiger partial charge in [0.2, 0.25) is 0 Å². The highest BCUT2D eigenvalue weighted by Crippen LogP contribution is 2.37. The molecule has 1 aliphatic heterocycles. The number of piperazine rings is 1. The highest BCUT2D eigenvalue weighted by molar-refractivity contribution is 9.11. The van der Waals surface area contributed by atoms with Crippen LogP contribution < -0.4 is 0 Å². The van der Waals surface area contributed by atoms with E-state index in [-0.39, 0.29) is 18.2 Å². The second kappa shape index (κ2) is 10.5. The Morgan fingerprint density at radius 1 is 1.03 bits per heavy atom. The molecule has 0 N–H and O–H groups in total. The number of aryl methyl sites for hydroxylation is 1. The van der Waals surface area contributed by atoms with E-state index in [1.165, 1.54) is 11.1 Å². The summed E-state index contributed by atoms with van der Waals surface area (Å²) in [4.78, 5) is 16.8. The molecule has 2 atom stereocenters. The predicted octanol–water partition coefficient (Wildman–Crippen LogP) is 6.34. The fraction of sp³-hybridized carbons (Fsp3) is 0.500. The molecule has 33 heavy (non-hydrogen) atoms. The molecule has 2 aromatic carbocycles. The quantitative estimate of drug-likeness (QED) is 0.424. The molecule has 1 fully saturated rings. The zero-order valence-electron chi connectivity index (χ0n) is 19.5. The number of nitrogens with zero attached hydrogens (tertiary/aromatic N) is 2. The van der Waals surface area contributed by atoms with Crippen molar-refractivity contribution in [1.29, 1.82) is 0 Å². The van der Waals surface area contributed by atoms with Gasteiger partial charge in [-0.25, -0.2) is 4.79 Å². The highest BCUT2D eigenvalue weighted by atomic mass is 79.9. The molecule has 0 bridgehead atoms. The van der Waals surface area contributed by atoms with Crippen LogP contribution in [0.1, 0.15) is 49.9 Å². The number of halogens is 2. The summed E-state index contributed by atoms with van der Waals surface area (Å²) in [6.07, 6.45) is 1.89. The number of ether oxygens (including phenoxy) is 2. The van der Waals surface area contributed by atoms with Crippen LogP contribution in [0.15, 0.2) is 51.4 Å². The molecular weight excluding hydrogens is 548 g/mol. The number of rotatable bonds is 4. The fourth-order valence-electron chi connectivity index (χ4n) is 4.72. The minimum Gasteiger partial charge on any atom is -0.444 e. The smallest absolute Gasteiger partial charge is 0.410 e. The molecule has 0 radical (unpaired) electrons. The van der Waals surface area contributed by atoms with Crippen molar-refractivity contribution in [3.8, 4) is 0 Å². The van der Waals surface area contributed by atoms with Gasteiger partial charge in [-0.1, -0.05) is 56.1 Å². The van der Waals surface area contributed by atoms with Crippen LogP contribution in [0.25, 0.3) is 0 Å². The van der Waals surface area contributed by atoms with Crippen LogP contribution in [0.2, 0.25) is 0 Å². The average molecular weight is 580 g/mol. The Hall–Kier alpha value is -1.41. The highest BCUT2D eigenvalue weighted by Gasteiger charge is 2.37. The minimum absolute atomic E-state index is 0.103. The van der Waals surface area contributed by atoms with Gasteiger partial charge in [0, 0.05) is 35.1 Å². The van der Waals surface area contributed by atoms with Crippen molar-refractivity contribution in [2.24, 2.45) is 0 Å². The first-order chi connectivity index (χ1) is 15.7. The Morgan fingerprint density at radius 3 is 2.36 bits per heavy atom. The van der Waals surface area contributed by atoms with Gasteiger partial charge in [0.1, 0.15) is 5.60 Å². The summed E-state index contributed by atoms with van der Waals surface area (Å²) in [5, 5.41) is 0. The summed E-state index contributed by atoms with van der Waals surface area (Å²) in [5.41, 5.74) is 3.43. The maximum Gasteiger partial charge on any atom is 0.410 e. The first-order valence-corrected chi connectivity index (χ1v) is 13.1. The number of hydrogen-bond donors (Lipinski definition) is 0. The summed E-state index contributed by atoms with van der Waals surface area (Å²) in [5.74, 6) is 0. The first-order valence-electron chi connectivity index (χ1n) is 11.6. The van der Waals surface area contributed by atoms with Crippen LogP contribution in [0, 0.1) is 0 Å². The van der Waals surface area contributed by atoms with Gasteiger partial charge in [0.25, 0.3) is 0 Å². The lowest BCUT2D eigenvalue weighted by Gasteiger charge is -2.44. The van der Waals surface area contributed by atoms with E-state index in [0.29, 0.717) is 19.7 Å². The molecule has 1 saturated heterocycles. The fourth-order valence-corrected chi connectivity index (χ4v) is 6.11. The zero-order chi connectivity index (χ0) is 23.6. The van der Waals surface area contributed by atoms with Gasteiger partial charge in [-0.05, 0) is 68.5 Å². The molecular formula is C26H32Br2N2O3. The van der Waals surface area contributed by atoms with E-state index in [1.54, 1.807) is 0 Å². The van der Waals surface area contributed by atoms with Gasteiger partial charge in [0.15, 0.2) is 0 Å². The van der Waals surface area contributed by atoms with Gasteiger partial charge >= 0.3 is 6.09 Å². The standard InChI is InChI=1S/C26H32Br2N2O3/c1-26(2,3)33-25(31)30-12-10-29(11-13-30)24-22-7-5-4-6-19(22)8-9-23(24)32-17-18-14-20(27)16-21(28)15-18/h4-7,14-16,23-24H,8-13,17H2,1-3H3/t23-,24-/m1/s1. The van der Waals surface area contributed by atoms with Crippen molar-refractivity contribution in [3.05, 3.63) is 68.1 Å². The second-order valence-corrected chi connectivity index (χ2v) is 11.6. The van der Waals surface area contributed by atoms with Gasteiger partial charge < -0.3 is 14.4 Å². The molecule has 2 aliphatic rings. The number of carbonyl (C=O) groups is 1. The van der Waals surface area contributed by atoms with E-state index >= 15 is 0 Å². The summed E-state index contributed by atoms with van der Waals surface area (Å²) in [6.45, 7) is 9.24. The minimum atomic E-state index is -0.475. The molecule has 0 aromatic heterocycles. The zero-order valence-corrected chi connectivity index (χ0v) is 22.7. The lowest BCUT2D eigenvalue weighted by atomic mass is 9.84. The molecule has 4 rings (SSSR count). The molecule has 0 saturated carbocycles. The van der Waals surface area contributed by atoms with Crippen molar-refractivity contribution < 1.29 is 14.3 Å². The maximum atomic E-state index is 12.5. The summed E-state index contributed by atoms with van der Waals surface area (Å²) < 4.78 is 14.2. The maximum absolute atomic E-state index is 12.5. The Balaban J connectivity index is 1.47. The third kappa shape index (κ3) is 6.38. The Kier molecular flexibility index (Phi) is 7.83. The largest absolute Gasteiger partial charge is 0.444 e. The third-order valence-corrected chi connectivity index (χ3v) is 7.09. The van der Waals surface area contributed by atoms with Crippen LogP contribution >= 0.6 is 31.9 Å². The van der Waals surface area contributed by atoms with Crippen LogP contribution in [0.5, 0.6) is 0 Å². The molecule has 1 aliphatic carbocycles. The van der Waals surface area contributed by atoms with Crippen LogP contribution in [0.3, 0.4) is 0 Å². The van der Waals surface area contributed by atoms with Crippen molar-refractivity contribution >= 4 is 38.0 Å². The average Bonchev–Trinajstić information content (AvgIpc) is 2.75. The van der Waals surface area contributed by atoms with Crippen molar-refractivity contribution in [2.45, 2.75) is 58.0 Å². The van der Waals surface area contributed by atoms with E-state index < -0.39 is 5.60 Å². The Labute approximate surface area is 213 Å². The van der Waals surface area contributed by atoms with Gasteiger partial charge in [0.05, 0.1) is 18.8 Å². The number of hydrogen-bond acceptors (Lipinski definition) is 4. The van der Waals surface area contributed by atoms with E-state index in [1.807, 2.05) is 31.7 Å². The molecule has 7 heteroatoms. The monoisotopic (exact) mass is 578 g/mol. The van der Waals surface area contributed by atoms with Gasteiger partial charge in [-0.3, -0.25) is 4.90 Å². The Bertz CT molecular complexity index is 963. The van der Waals surface area contributed by atoms with Crippen molar-refractivity contribution in [3.63, 3.8) is 0 Å². The Morgan fingerprint density at radius 2 is 1.70 bits per heavy atom. The first kappa shape index (κ1) is 24.7. The van der Waals surface area contributed by atoms with Gasteiger partial charge in [-0.2, -0.15) is 0 Å². The third-order valence-electron chi connectivity index (χ3n) is 6.17. The molecule has 1 amide bonds. The normalized spacial score (nSPS) is 21.5. The van der Waals surface area contributed by atoms with Crippen LogP contribution in [0.4, 0.5) is 4.79 Å². The number of carbonyl (C=O) groups excluding carboxylic acids is 1. The summed E-state index contributed by atoms with van der Waals surface area (Å²) >= 11 is 7.15. The van der Waals surface area contributed by atoms with E-state index in [2.05, 4.69) is 73.2 Å². The SMILES string of the molecule is CC(C)(C)OC(=O)N1CCN([C@@H]2c3ccccc3CC[C@H]2OCc2cc(Br)cc(Br)c2)CC1. The number of fused-ring (bicyclic) bond motifs is 1. The molecule has 0 unspecified atom stereocenters. The van der Waals surface area contributed by atoms with Gasteiger partial charge in [-0.15, -0.1) is 0 Å². The van der Waals surface area contributed by atoms with E-state index in [4.69, 9.17) is 9.47 Å². The predicted molar refractivity (Wildman–Crippen MR) is 137 cm³/mol. The molecule has 0 spiro atoms. The van der Waals surface area contributed by atoms with Crippen molar-refractivity contribution in [2.75, 3.05) is 26.2 Å². The summed E-state index contributed by atoms with van der Waals surface area (Å²) in [7, 11) is 0. The lowest BCUT2D eigenvalue weighted by molar-refractivity contribution is -0.0487. The molecule has 2 aromatic rings.